The molecule has 0 spiro atoms. The molecule has 2 heterocycles. The predicted molar refractivity (Wildman–Crippen MR) is 86.5 cm³/mol. The molecule has 0 aliphatic rings. The Kier molecular flexibility index (Phi) is 4.26. The molecule has 3 aromatic rings. The zero-order valence-corrected chi connectivity index (χ0v) is 12.7. The van der Waals surface area contributed by atoms with Gasteiger partial charge in [0.15, 0.2) is 0 Å². The summed E-state index contributed by atoms with van der Waals surface area (Å²) < 4.78 is 6.95. The molecular formula is C16H11N5O4. The maximum absolute atomic E-state index is 11.8. The first kappa shape index (κ1) is 15.9. The van der Waals surface area contributed by atoms with Gasteiger partial charge in [-0.2, -0.15) is 0 Å². The fraction of sp³-hybridized carbons (Fsp3) is 0.0625. The molecule has 0 radical (unpaired) electrons. The predicted octanol–water partition coefficient (Wildman–Crippen LogP) is 0.728. The van der Waals surface area contributed by atoms with Crippen molar-refractivity contribution < 1.29 is 14.6 Å². The largest absolute Gasteiger partial charge is 0.479 e. The number of hydrogen-bond acceptors (Lipinski definition) is 6. The standard InChI is InChI=1S/C16H11N5O4/c1-2-7-25-13-4-3-10(8-12(13)21-6-5-18-20-21)14-17-9-11(16(23)24)15(22)19-14/h1,3-6,8-9H,7H2,(H,23,24)(H,17,19,22). The Hall–Kier alpha value is -3.93. The summed E-state index contributed by atoms with van der Waals surface area (Å²) in [4.78, 5) is 29.2. The van der Waals surface area contributed by atoms with Crippen LogP contribution in [0.3, 0.4) is 0 Å². The number of H-pyrrole nitrogens is 1. The van der Waals surface area contributed by atoms with E-state index in [1.165, 1.54) is 10.9 Å². The lowest BCUT2D eigenvalue weighted by molar-refractivity contribution is 0.0694. The number of hydrogen-bond donors (Lipinski definition) is 2. The van der Waals surface area contributed by atoms with Crippen LogP contribution in [0.4, 0.5) is 0 Å². The third kappa shape index (κ3) is 3.23. The van der Waals surface area contributed by atoms with Gasteiger partial charge in [0, 0.05) is 11.8 Å². The van der Waals surface area contributed by atoms with Gasteiger partial charge in [-0.25, -0.2) is 14.5 Å². The van der Waals surface area contributed by atoms with Gasteiger partial charge in [-0.15, -0.1) is 11.5 Å². The number of carbonyl (C=O) groups is 1. The van der Waals surface area contributed by atoms with Gasteiger partial charge >= 0.3 is 5.97 Å². The molecule has 2 N–H and O–H groups in total. The Morgan fingerprint density at radius 3 is 2.92 bits per heavy atom. The van der Waals surface area contributed by atoms with E-state index in [0.29, 0.717) is 17.0 Å². The molecular weight excluding hydrogens is 326 g/mol. The first-order valence-electron chi connectivity index (χ1n) is 7.00. The van der Waals surface area contributed by atoms with Crippen LogP contribution in [0, 0.1) is 12.3 Å². The Bertz CT molecular complexity index is 1020. The molecule has 9 nitrogen and oxygen atoms in total. The Morgan fingerprint density at radius 2 is 2.28 bits per heavy atom. The molecule has 124 valence electrons. The van der Waals surface area contributed by atoms with Crippen molar-refractivity contribution >= 4 is 5.97 Å². The molecule has 3 rings (SSSR count). The smallest absolute Gasteiger partial charge is 0.342 e. The van der Waals surface area contributed by atoms with Crippen molar-refractivity contribution in [1.29, 1.82) is 0 Å². The SMILES string of the molecule is C#CCOc1ccc(-c2ncc(C(=O)O)c(=O)[nH]2)cc1-n1ccnn1. The number of nitrogens with zero attached hydrogens (tertiary/aromatic N) is 4. The van der Waals surface area contributed by atoms with Gasteiger partial charge in [0.2, 0.25) is 0 Å². The highest BCUT2D eigenvalue weighted by atomic mass is 16.5. The summed E-state index contributed by atoms with van der Waals surface area (Å²) in [6, 6.07) is 4.97. The van der Waals surface area contributed by atoms with Crippen LogP contribution in [-0.2, 0) is 0 Å². The monoisotopic (exact) mass is 337 g/mol. The molecule has 0 saturated carbocycles. The quantitative estimate of drug-likeness (QED) is 0.658. The van der Waals surface area contributed by atoms with Crippen LogP contribution in [-0.4, -0.2) is 42.6 Å². The number of nitrogens with one attached hydrogen (secondary N) is 1. The van der Waals surface area contributed by atoms with E-state index in [9.17, 15) is 9.59 Å². The number of ether oxygens (including phenoxy) is 1. The zero-order chi connectivity index (χ0) is 17.8. The van der Waals surface area contributed by atoms with Gasteiger partial charge in [0.05, 0.1) is 12.4 Å². The lowest BCUT2D eigenvalue weighted by Gasteiger charge is -2.11. The van der Waals surface area contributed by atoms with Crippen molar-refractivity contribution in [2.24, 2.45) is 0 Å². The number of terminal acetylenes is 1. The minimum Gasteiger partial charge on any atom is -0.479 e. The number of aromatic nitrogens is 5. The Morgan fingerprint density at radius 1 is 1.44 bits per heavy atom. The summed E-state index contributed by atoms with van der Waals surface area (Å²) in [6.45, 7) is 0.0729. The number of rotatable bonds is 5. The van der Waals surface area contributed by atoms with Gasteiger partial charge in [-0.05, 0) is 18.2 Å². The number of carboxylic acids is 1. The van der Waals surface area contributed by atoms with Crippen molar-refractivity contribution in [3.8, 4) is 35.2 Å². The first-order valence-corrected chi connectivity index (χ1v) is 7.00. The molecule has 0 saturated heterocycles. The van der Waals surface area contributed by atoms with Crippen LogP contribution in [0.2, 0.25) is 0 Å². The normalized spacial score (nSPS) is 10.2. The third-order valence-corrected chi connectivity index (χ3v) is 3.24. The average Bonchev–Trinajstić information content (AvgIpc) is 3.14. The molecule has 0 atom stereocenters. The third-order valence-electron chi connectivity index (χ3n) is 3.24. The average molecular weight is 337 g/mol. The van der Waals surface area contributed by atoms with E-state index in [1.807, 2.05) is 0 Å². The topological polar surface area (TPSA) is 123 Å². The summed E-state index contributed by atoms with van der Waals surface area (Å²) in [7, 11) is 0. The van der Waals surface area contributed by atoms with E-state index < -0.39 is 17.1 Å². The molecule has 0 amide bonds. The minimum absolute atomic E-state index is 0.0729. The van der Waals surface area contributed by atoms with Crippen LogP contribution < -0.4 is 10.3 Å². The van der Waals surface area contributed by atoms with Crippen molar-refractivity contribution in [1.82, 2.24) is 25.0 Å². The first-order chi connectivity index (χ1) is 12.1. The van der Waals surface area contributed by atoms with E-state index in [2.05, 4.69) is 26.2 Å². The van der Waals surface area contributed by atoms with E-state index in [-0.39, 0.29) is 12.4 Å². The van der Waals surface area contributed by atoms with Crippen LogP contribution in [0.5, 0.6) is 5.75 Å². The molecule has 0 bridgehead atoms. The van der Waals surface area contributed by atoms with Crippen LogP contribution >= 0.6 is 0 Å². The molecule has 0 fully saturated rings. The van der Waals surface area contributed by atoms with Gasteiger partial charge in [-0.1, -0.05) is 11.1 Å². The second-order valence-corrected chi connectivity index (χ2v) is 4.80. The lowest BCUT2D eigenvalue weighted by atomic mass is 10.1. The van der Waals surface area contributed by atoms with Crippen molar-refractivity contribution in [3.05, 3.63) is 52.7 Å². The van der Waals surface area contributed by atoms with Crippen molar-refractivity contribution in [2.75, 3.05) is 6.61 Å². The maximum Gasteiger partial charge on any atom is 0.342 e. The number of aromatic amines is 1. The van der Waals surface area contributed by atoms with Gasteiger partial charge in [0.25, 0.3) is 5.56 Å². The molecule has 1 aromatic carbocycles. The summed E-state index contributed by atoms with van der Waals surface area (Å²) in [5.74, 6) is 1.71. The second kappa shape index (κ2) is 6.67. The number of carboxylic acid groups (broad SMARTS) is 1. The summed E-state index contributed by atoms with van der Waals surface area (Å²) in [5, 5.41) is 16.6. The summed E-state index contributed by atoms with van der Waals surface area (Å²) in [5.41, 5.74) is -0.107. The molecule has 0 aliphatic carbocycles. The fourth-order valence-electron chi connectivity index (χ4n) is 2.12. The highest BCUT2D eigenvalue weighted by molar-refractivity contribution is 5.86. The highest BCUT2D eigenvalue weighted by Crippen LogP contribution is 2.27. The second-order valence-electron chi connectivity index (χ2n) is 4.80. The molecule has 9 heteroatoms. The van der Waals surface area contributed by atoms with Crippen LogP contribution in [0.25, 0.3) is 17.1 Å². The molecule has 0 unspecified atom stereocenters. The number of aromatic carboxylic acids is 1. The highest BCUT2D eigenvalue weighted by Gasteiger charge is 2.13. The Labute approximate surface area is 140 Å². The van der Waals surface area contributed by atoms with Crippen molar-refractivity contribution in [3.63, 3.8) is 0 Å². The summed E-state index contributed by atoms with van der Waals surface area (Å²) in [6.07, 6.45) is 9.34. The van der Waals surface area contributed by atoms with E-state index in [4.69, 9.17) is 16.3 Å². The van der Waals surface area contributed by atoms with E-state index in [1.54, 1.807) is 24.4 Å². The number of benzene rings is 1. The van der Waals surface area contributed by atoms with E-state index >= 15 is 0 Å². The molecule has 2 aromatic heterocycles. The van der Waals surface area contributed by atoms with Crippen molar-refractivity contribution in [2.45, 2.75) is 0 Å². The van der Waals surface area contributed by atoms with Crippen LogP contribution in [0.15, 0.2) is 41.6 Å². The fourth-order valence-corrected chi connectivity index (χ4v) is 2.12. The minimum atomic E-state index is -1.35. The maximum atomic E-state index is 11.8. The van der Waals surface area contributed by atoms with Gasteiger partial charge in [0.1, 0.15) is 29.4 Å². The van der Waals surface area contributed by atoms with Crippen LogP contribution in [0.1, 0.15) is 10.4 Å². The van der Waals surface area contributed by atoms with Gasteiger partial charge in [-0.3, -0.25) is 4.79 Å². The molecule has 25 heavy (non-hydrogen) atoms. The summed E-state index contributed by atoms with van der Waals surface area (Å²) >= 11 is 0. The lowest BCUT2D eigenvalue weighted by Crippen LogP contribution is -2.18. The molecule has 0 aliphatic heterocycles. The zero-order valence-electron chi connectivity index (χ0n) is 12.7. The van der Waals surface area contributed by atoms with E-state index in [0.717, 1.165) is 6.20 Å². The van der Waals surface area contributed by atoms with Gasteiger partial charge < -0.3 is 14.8 Å². The Balaban J connectivity index is 2.08.